The van der Waals surface area contributed by atoms with E-state index < -0.39 is 29.0 Å². The highest BCUT2D eigenvalue weighted by Crippen LogP contribution is 2.19. The van der Waals surface area contributed by atoms with Crippen molar-refractivity contribution in [2.45, 2.75) is 65.3 Å². The van der Waals surface area contributed by atoms with Crippen LogP contribution in [0.1, 0.15) is 43.6 Å². The Bertz CT molecular complexity index is 1580. The van der Waals surface area contributed by atoms with Gasteiger partial charge in [0.2, 0.25) is 0 Å². The van der Waals surface area contributed by atoms with E-state index in [1.807, 2.05) is 26.0 Å². The zero-order chi connectivity index (χ0) is 28.8. The number of aromatic nitrogens is 4. The standard InChI is InChI=1S/C29H36F2N6O3/c1-3-13-37-28(39)26-27(36(29(37)40)14-11-19-5-9-22(32)10-6-19)34-25(16-20-7-8-21(30)17-24(20)31)35(26)15-12-33-18-23(38)4-2/h5-10,17,23,33,38H,3-4,11-16,18,32H2,1-2H3. The highest BCUT2D eigenvalue weighted by Gasteiger charge is 2.22. The molecule has 0 aliphatic rings. The maximum absolute atomic E-state index is 14.6. The Morgan fingerprint density at radius 2 is 1.75 bits per heavy atom. The van der Waals surface area contributed by atoms with Crippen molar-refractivity contribution in [2.75, 3.05) is 18.8 Å². The SMILES string of the molecule is CCCn1c(=O)c2c(nc(Cc3ccc(F)cc3F)n2CCNCC(O)CC)n(CCc2ccc(N)cc2)c1=O. The lowest BCUT2D eigenvalue weighted by atomic mass is 10.1. The summed E-state index contributed by atoms with van der Waals surface area (Å²) in [7, 11) is 0. The molecule has 0 aliphatic carbocycles. The van der Waals surface area contributed by atoms with Gasteiger partial charge in [-0.15, -0.1) is 0 Å². The van der Waals surface area contributed by atoms with Crippen LogP contribution in [0.5, 0.6) is 0 Å². The summed E-state index contributed by atoms with van der Waals surface area (Å²) in [6.07, 6.45) is 1.17. The third kappa shape index (κ3) is 6.48. The molecule has 2 aromatic heterocycles. The van der Waals surface area contributed by atoms with E-state index in [0.717, 1.165) is 11.6 Å². The smallest absolute Gasteiger partial charge is 0.332 e. The lowest BCUT2D eigenvalue weighted by Gasteiger charge is -2.14. The first kappa shape index (κ1) is 29.2. The molecule has 4 rings (SSSR count). The second kappa shape index (κ2) is 13.0. The highest BCUT2D eigenvalue weighted by atomic mass is 19.1. The van der Waals surface area contributed by atoms with Crippen LogP contribution in [0.4, 0.5) is 14.5 Å². The number of hydrogen-bond donors (Lipinski definition) is 3. The molecule has 0 spiro atoms. The van der Waals surface area contributed by atoms with E-state index in [9.17, 15) is 23.5 Å². The lowest BCUT2D eigenvalue weighted by Crippen LogP contribution is -2.41. The van der Waals surface area contributed by atoms with Gasteiger partial charge in [-0.3, -0.25) is 13.9 Å². The number of nitrogens with one attached hydrogen (secondary N) is 1. The van der Waals surface area contributed by atoms with Crippen molar-refractivity contribution in [3.05, 3.63) is 91.9 Å². The predicted octanol–water partition coefficient (Wildman–Crippen LogP) is 2.82. The van der Waals surface area contributed by atoms with Gasteiger partial charge in [0.25, 0.3) is 5.56 Å². The minimum atomic E-state index is -0.716. The van der Waals surface area contributed by atoms with Gasteiger partial charge in [0, 0.05) is 50.9 Å². The molecule has 9 nitrogen and oxygen atoms in total. The number of benzene rings is 2. The first-order valence-corrected chi connectivity index (χ1v) is 13.6. The Hall–Kier alpha value is -3.83. The number of imidazole rings is 1. The van der Waals surface area contributed by atoms with E-state index in [0.29, 0.717) is 50.4 Å². The van der Waals surface area contributed by atoms with Crippen LogP contribution in [0, 0.1) is 11.6 Å². The van der Waals surface area contributed by atoms with E-state index in [4.69, 9.17) is 10.7 Å². The average Bonchev–Trinajstić information content (AvgIpc) is 3.29. The van der Waals surface area contributed by atoms with Gasteiger partial charge in [-0.05, 0) is 48.6 Å². The molecule has 40 heavy (non-hydrogen) atoms. The molecule has 0 fully saturated rings. The summed E-state index contributed by atoms with van der Waals surface area (Å²) < 4.78 is 32.6. The van der Waals surface area contributed by atoms with Crippen LogP contribution in [-0.4, -0.2) is 43.0 Å². The number of aryl methyl sites for hydroxylation is 2. The van der Waals surface area contributed by atoms with E-state index in [1.165, 1.54) is 21.3 Å². The first-order valence-electron chi connectivity index (χ1n) is 13.6. The first-order chi connectivity index (χ1) is 19.2. The van der Waals surface area contributed by atoms with Crippen molar-refractivity contribution in [2.24, 2.45) is 0 Å². The molecule has 0 radical (unpaired) electrons. The number of aliphatic hydroxyl groups excluding tert-OH is 1. The van der Waals surface area contributed by atoms with Gasteiger partial charge in [0.05, 0.1) is 6.10 Å². The molecular weight excluding hydrogens is 518 g/mol. The van der Waals surface area contributed by atoms with Crippen molar-refractivity contribution in [1.29, 1.82) is 0 Å². The Balaban J connectivity index is 1.83. The Morgan fingerprint density at radius 3 is 2.42 bits per heavy atom. The second-order valence-corrected chi connectivity index (χ2v) is 9.91. The Labute approximate surface area is 230 Å². The number of nitrogens with zero attached hydrogens (tertiary/aromatic N) is 4. The van der Waals surface area contributed by atoms with Crippen molar-refractivity contribution in [1.82, 2.24) is 24.0 Å². The molecule has 0 amide bonds. The van der Waals surface area contributed by atoms with Gasteiger partial charge in [-0.25, -0.2) is 18.6 Å². The predicted molar refractivity (Wildman–Crippen MR) is 151 cm³/mol. The second-order valence-electron chi connectivity index (χ2n) is 9.91. The summed E-state index contributed by atoms with van der Waals surface area (Å²) in [5.74, 6) is -1.02. The molecule has 0 aliphatic heterocycles. The number of aliphatic hydroxyl groups is 1. The molecule has 0 bridgehead atoms. The molecular formula is C29H36F2N6O3. The summed E-state index contributed by atoms with van der Waals surface area (Å²) in [5.41, 5.74) is 7.19. The summed E-state index contributed by atoms with van der Waals surface area (Å²) in [4.78, 5) is 31.9. The van der Waals surface area contributed by atoms with Crippen LogP contribution in [-0.2, 0) is 32.5 Å². The van der Waals surface area contributed by atoms with E-state index in [1.54, 1.807) is 16.7 Å². The molecule has 2 heterocycles. The number of anilines is 1. The number of hydrogen-bond acceptors (Lipinski definition) is 6. The Kier molecular flexibility index (Phi) is 9.49. The zero-order valence-corrected chi connectivity index (χ0v) is 22.9. The van der Waals surface area contributed by atoms with E-state index >= 15 is 0 Å². The maximum atomic E-state index is 14.6. The van der Waals surface area contributed by atoms with Crippen molar-refractivity contribution in [3.8, 4) is 0 Å². The molecule has 214 valence electrons. The highest BCUT2D eigenvalue weighted by molar-refractivity contribution is 5.71. The molecule has 0 saturated carbocycles. The van der Waals surface area contributed by atoms with Crippen LogP contribution < -0.4 is 22.3 Å². The molecule has 1 unspecified atom stereocenters. The van der Waals surface area contributed by atoms with Crippen molar-refractivity contribution < 1.29 is 13.9 Å². The van der Waals surface area contributed by atoms with Gasteiger partial charge in [-0.1, -0.05) is 32.0 Å². The third-order valence-corrected chi connectivity index (χ3v) is 6.97. The third-order valence-electron chi connectivity index (χ3n) is 6.97. The fourth-order valence-corrected chi connectivity index (χ4v) is 4.70. The van der Waals surface area contributed by atoms with Gasteiger partial charge in [0.1, 0.15) is 17.5 Å². The van der Waals surface area contributed by atoms with Gasteiger partial charge in [-0.2, -0.15) is 0 Å². The monoisotopic (exact) mass is 554 g/mol. The van der Waals surface area contributed by atoms with Crippen molar-refractivity contribution in [3.63, 3.8) is 0 Å². The fraction of sp³-hybridized carbons (Fsp3) is 0.414. The van der Waals surface area contributed by atoms with Crippen LogP contribution in [0.15, 0.2) is 52.1 Å². The summed E-state index contributed by atoms with van der Waals surface area (Å²) in [6, 6.07) is 10.7. The van der Waals surface area contributed by atoms with Crippen LogP contribution in [0.2, 0.25) is 0 Å². The van der Waals surface area contributed by atoms with Gasteiger partial charge >= 0.3 is 5.69 Å². The summed E-state index contributed by atoms with van der Waals surface area (Å²) in [5, 5.41) is 13.1. The van der Waals surface area contributed by atoms with Crippen LogP contribution in [0.3, 0.4) is 0 Å². The van der Waals surface area contributed by atoms with Crippen molar-refractivity contribution >= 4 is 16.9 Å². The lowest BCUT2D eigenvalue weighted by molar-refractivity contribution is 0.167. The number of fused-ring (bicyclic) bond motifs is 1. The topological polar surface area (TPSA) is 120 Å². The normalized spacial score (nSPS) is 12.3. The largest absolute Gasteiger partial charge is 0.399 e. The summed E-state index contributed by atoms with van der Waals surface area (Å²) >= 11 is 0. The molecule has 0 saturated heterocycles. The average molecular weight is 555 g/mol. The molecule has 2 aromatic carbocycles. The number of rotatable bonds is 13. The molecule has 1 atom stereocenters. The molecule has 11 heteroatoms. The van der Waals surface area contributed by atoms with Gasteiger partial charge < -0.3 is 20.7 Å². The van der Waals surface area contributed by atoms with Crippen LogP contribution in [0.25, 0.3) is 11.2 Å². The number of nitrogen functional groups attached to an aromatic ring is 1. The number of halogens is 2. The van der Waals surface area contributed by atoms with E-state index in [2.05, 4.69) is 5.32 Å². The minimum absolute atomic E-state index is 0.00223. The number of nitrogens with two attached hydrogens (primary N) is 1. The quantitative estimate of drug-likeness (QED) is 0.173. The molecule has 4 aromatic rings. The van der Waals surface area contributed by atoms with Crippen LogP contribution >= 0.6 is 0 Å². The van der Waals surface area contributed by atoms with Gasteiger partial charge in [0.15, 0.2) is 11.2 Å². The maximum Gasteiger partial charge on any atom is 0.332 e. The molecule has 4 N–H and O–H groups in total. The minimum Gasteiger partial charge on any atom is -0.399 e. The zero-order valence-electron chi connectivity index (χ0n) is 22.9. The summed E-state index contributed by atoms with van der Waals surface area (Å²) in [6.45, 7) is 5.34. The Morgan fingerprint density at radius 1 is 1.00 bits per heavy atom. The fourth-order valence-electron chi connectivity index (χ4n) is 4.70. The van der Waals surface area contributed by atoms with E-state index in [-0.39, 0.29) is 36.2 Å².